The molecule has 0 amide bonds. The minimum absolute atomic E-state index is 1.24. The summed E-state index contributed by atoms with van der Waals surface area (Å²) >= 11 is 0. The number of benzene rings is 8. The second-order valence-electron chi connectivity index (χ2n) is 10.5. The van der Waals surface area contributed by atoms with Gasteiger partial charge in [0.15, 0.2) is 0 Å². The van der Waals surface area contributed by atoms with Gasteiger partial charge in [0.1, 0.15) is 0 Å². The van der Waals surface area contributed by atoms with Crippen molar-refractivity contribution in [1.82, 2.24) is 0 Å². The van der Waals surface area contributed by atoms with Gasteiger partial charge in [-0.25, -0.2) is 0 Å². The fourth-order valence-electron chi connectivity index (χ4n) is 6.38. The molecule has 0 unspecified atom stereocenters. The van der Waals surface area contributed by atoms with Gasteiger partial charge >= 0.3 is 0 Å². The molecule has 0 atom stereocenters. The van der Waals surface area contributed by atoms with E-state index in [-0.39, 0.29) is 0 Å². The van der Waals surface area contributed by atoms with Gasteiger partial charge in [0, 0.05) is 0 Å². The van der Waals surface area contributed by atoms with Crippen LogP contribution in [0.3, 0.4) is 0 Å². The van der Waals surface area contributed by atoms with E-state index < -0.39 is 0 Å². The van der Waals surface area contributed by atoms with Gasteiger partial charge < -0.3 is 0 Å². The molecule has 0 heteroatoms. The van der Waals surface area contributed by atoms with Crippen LogP contribution >= 0.6 is 0 Å². The molecule has 186 valence electrons. The molecule has 40 heavy (non-hydrogen) atoms. The summed E-state index contributed by atoms with van der Waals surface area (Å²) in [6.45, 7) is 0. The van der Waals surface area contributed by atoms with Crippen LogP contribution in [0.25, 0.3) is 76.5 Å². The molecule has 0 fully saturated rings. The van der Waals surface area contributed by atoms with Crippen molar-refractivity contribution < 1.29 is 0 Å². The first kappa shape index (κ1) is 22.8. The van der Waals surface area contributed by atoms with E-state index in [2.05, 4.69) is 158 Å². The van der Waals surface area contributed by atoms with Crippen LogP contribution in [-0.2, 0) is 0 Å². The third-order valence-corrected chi connectivity index (χ3v) is 8.23. The molecule has 0 N–H and O–H groups in total. The lowest BCUT2D eigenvalue weighted by atomic mass is 9.83. The highest BCUT2D eigenvalue weighted by Gasteiger charge is 2.18. The van der Waals surface area contributed by atoms with Crippen molar-refractivity contribution in [2.24, 2.45) is 0 Å². The molecule has 0 aromatic heterocycles. The van der Waals surface area contributed by atoms with Crippen molar-refractivity contribution in [3.63, 3.8) is 0 Å². The summed E-state index contributed by atoms with van der Waals surface area (Å²) < 4.78 is 0. The van der Waals surface area contributed by atoms with E-state index in [0.29, 0.717) is 0 Å². The Labute approximate surface area is 233 Å². The molecular formula is C40H26. The van der Waals surface area contributed by atoms with Crippen LogP contribution in [-0.4, -0.2) is 0 Å². The van der Waals surface area contributed by atoms with E-state index in [0.717, 1.165) is 0 Å². The number of fused-ring (bicyclic) bond motifs is 4. The molecule has 0 saturated carbocycles. The molecule has 8 aromatic rings. The lowest BCUT2D eigenvalue weighted by Crippen LogP contribution is -1.92. The summed E-state index contributed by atoms with van der Waals surface area (Å²) in [6, 6.07) is 57.6. The zero-order valence-electron chi connectivity index (χ0n) is 22.0. The van der Waals surface area contributed by atoms with Crippen molar-refractivity contribution >= 4 is 43.1 Å². The Morgan fingerprint density at radius 2 is 0.650 bits per heavy atom. The Balaban J connectivity index is 1.45. The molecule has 0 radical (unpaired) electrons. The molecule has 0 aliphatic heterocycles. The summed E-state index contributed by atoms with van der Waals surface area (Å²) in [5.74, 6) is 0. The van der Waals surface area contributed by atoms with E-state index in [9.17, 15) is 0 Å². The molecule has 0 saturated heterocycles. The number of hydrogen-bond acceptors (Lipinski definition) is 0. The maximum Gasteiger partial charge on any atom is -0.00201 e. The predicted molar refractivity (Wildman–Crippen MR) is 173 cm³/mol. The molecule has 0 aliphatic rings. The average molecular weight is 507 g/mol. The minimum atomic E-state index is 1.24. The Morgan fingerprint density at radius 1 is 0.250 bits per heavy atom. The molecule has 0 nitrogen and oxygen atoms in total. The molecule has 8 rings (SSSR count). The van der Waals surface area contributed by atoms with Crippen molar-refractivity contribution in [2.45, 2.75) is 0 Å². The van der Waals surface area contributed by atoms with Crippen LogP contribution in [0, 0.1) is 0 Å². The van der Waals surface area contributed by atoms with Crippen molar-refractivity contribution in [3.8, 4) is 33.4 Å². The van der Waals surface area contributed by atoms with Gasteiger partial charge in [0.2, 0.25) is 0 Å². The summed E-state index contributed by atoms with van der Waals surface area (Å²) in [4.78, 5) is 0. The topological polar surface area (TPSA) is 0 Å². The Hall–Kier alpha value is -5.20. The van der Waals surface area contributed by atoms with Crippen molar-refractivity contribution in [1.29, 1.82) is 0 Å². The molecule has 0 aliphatic carbocycles. The maximum absolute atomic E-state index is 2.34. The average Bonchev–Trinajstić information content (AvgIpc) is 3.03. The first-order chi connectivity index (χ1) is 19.8. The Bertz CT molecular complexity index is 2160. The standard InChI is InChI=1S/C40H26/c1-3-13-29-25-31(23-21-27(29)11-1)33-15-5-6-16-34(33)40-37-19-9-7-17-35(37)39(36-18-8-10-20-38(36)40)32-24-22-28-12-2-4-14-30(28)26-32/h1-26H. The zero-order chi connectivity index (χ0) is 26.5. The first-order valence-corrected chi connectivity index (χ1v) is 13.9. The van der Waals surface area contributed by atoms with E-state index in [4.69, 9.17) is 0 Å². The van der Waals surface area contributed by atoms with E-state index >= 15 is 0 Å². The lowest BCUT2D eigenvalue weighted by molar-refractivity contribution is 1.62. The van der Waals surface area contributed by atoms with Gasteiger partial charge in [-0.05, 0) is 88.6 Å². The summed E-state index contributed by atoms with van der Waals surface area (Å²) in [6.07, 6.45) is 0. The van der Waals surface area contributed by atoms with Crippen LogP contribution in [0.15, 0.2) is 158 Å². The van der Waals surface area contributed by atoms with Crippen LogP contribution in [0.2, 0.25) is 0 Å². The zero-order valence-corrected chi connectivity index (χ0v) is 22.0. The van der Waals surface area contributed by atoms with Gasteiger partial charge in [-0.2, -0.15) is 0 Å². The summed E-state index contributed by atoms with van der Waals surface area (Å²) in [7, 11) is 0. The van der Waals surface area contributed by atoms with E-state index in [1.54, 1.807) is 0 Å². The molecule has 0 spiro atoms. The minimum Gasteiger partial charge on any atom is -0.0616 e. The smallest absolute Gasteiger partial charge is 0.00201 e. The van der Waals surface area contributed by atoms with Crippen LogP contribution in [0.5, 0.6) is 0 Å². The highest BCUT2D eigenvalue weighted by atomic mass is 14.2. The van der Waals surface area contributed by atoms with Gasteiger partial charge in [-0.15, -0.1) is 0 Å². The fraction of sp³-hybridized carbons (Fsp3) is 0. The van der Waals surface area contributed by atoms with Gasteiger partial charge in [0.05, 0.1) is 0 Å². The van der Waals surface area contributed by atoms with E-state index in [1.807, 2.05) is 0 Å². The Kier molecular flexibility index (Phi) is 5.24. The first-order valence-electron chi connectivity index (χ1n) is 13.9. The monoisotopic (exact) mass is 506 g/mol. The normalized spacial score (nSPS) is 11.5. The van der Waals surface area contributed by atoms with E-state index in [1.165, 1.54) is 76.5 Å². The molecule has 0 bridgehead atoms. The van der Waals surface area contributed by atoms with Crippen molar-refractivity contribution in [3.05, 3.63) is 158 Å². The van der Waals surface area contributed by atoms with Gasteiger partial charge in [0.25, 0.3) is 0 Å². The number of rotatable bonds is 3. The Morgan fingerprint density at radius 3 is 1.23 bits per heavy atom. The summed E-state index contributed by atoms with van der Waals surface area (Å²) in [5.41, 5.74) is 7.59. The fourth-order valence-corrected chi connectivity index (χ4v) is 6.38. The largest absolute Gasteiger partial charge is 0.0616 e. The quantitative estimate of drug-likeness (QED) is 0.209. The van der Waals surface area contributed by atoms with Gasteiger partial charge in [-0.3, -0.25) is 0 Å². The highest BCUT2D eigenvalue weighted by molar-refractivity contribution is 6.22. The predicted octanol–water partition coefficient (Wildman–Crippen LogP) is 11.3. The SMILES string of the molecule is c1ccc(-c2c3ccccc3c(-c3ccc4ccccc4c3)c3ccccc23)c(-c2ccc3ccccc3c2)c1. The van der Waals surface area contributed by atoms with Crippen LogP contribution in [0.1, 0.15) is 0 Å². The van der Waals surface area contributed by atoms with Crippen LogP contribution < -0.4 is 0 Å². The molecule has 0 heterocycles. The lowest BCUT2D eigenvalue weighted by Gasteiger charge is -2.20. The van der Waals surface area contributed by atoms with Gasteiger partial charge in [-0.1, -0.05) is 146 Å². The third kappa shape index (κ3) is 3.61. The highest BCUT2D eigenvalue weighted by Crippen LogP contribution is 2.46. The third-order valence-electron chi connectivity index (χ3n) is 8.23. The second kappa shape index (κ2) is 9.22. The molecular weight excluding hydrogens is 480 g/mol. The number of hydrogen-bond donors (Lipinski definition) is 0. The second-order valence-corrected chi connectivity index (χ2v) is 10.5. The molecule has 8 aromatic carbocycles. The van der Waals surface area contributed by atoms with Crippen LogP contribution in [0.4, 0.5) is 0 Å². The van der Waals surface area contributed by atoms with Crippen molar-refractivity contribution in [2.75, 3.05) is 0 Å². The maximum atomic E-state index is 2.34. The summed E-state index contributed by atoms with van der Waals surface area (Å²) in [5, 5.41) is 10.2.